The van der Waals surface area contributed by atoms with Gasteiger partial charge in [0, 0.05) is 44.6 Å². The van der Waals surface area contributed by atoms with Gasteiger partial charge < -0.3 is 9.80 Å². The quantitative estimate of drug-likeness (QED) is 0.393. The zero-order valence-corrected chi connectivity index (χ0v) is 21.0. The van der Waals surface area contributed by atoms with Gasteiger partial charge >= 0.3 is 0 Å². The Labute approximate surface area is 211 Å². The molecule has 0 aliphatic carbocycles. The van der Waals surface area contributed by atoms with Crippen LogP contribution in [0, 0.1) is 12.7 Å². The van der Waals surface area contributed by atoms with Crippen molar-refractivity contribution in [1.29, 1.82) is 0 Å². The van der Waals surface area contributed by atoms with E-state index in [0.717, 1.165) is 11.3 Å². The lowest BCUT2D eigenvalue weighted by atomic mass is 10.2. The number of halogens is 1. The van der Waals surface area contributed by atoms with Gasteiger partial charge in [-0.2, -0.15) is 0 Å². The van der Waals surface area contributed by atoms with Crippen LogP contribution in [0.3, 0.4) is 0 Å². The third-order valence-corrected chi connectivity index (χ3v) is 7.68. The SMILES string of the molecule is CCN1C(=O)C(=Cc2c(N3CCN(c4ccc(F)cc4)CC3)nc3c(C)cccn3c2=O)SC1=S. The molecule has 0 saturated carbocycles. The number of thiocarbonyl (C=S) groups is 1. The van der Waals surface area contributed by atoms with Crippen molar-refractivity contribution >= 4 is 57.4 Å². The van der Waals surface area contributed by atoms with Crippen LogP contribution in [0.2, 0.25) is 0 Å². The Balaban J connectivity index is 1.55. The number of thioether (sulfide) groups is 1. The number of amides is 1. The molecule has 2 aliphatic heterocycles. The van der Waals surface area contributed by atoms with E-state index < -0.39 is 0 Å². The Bertz CT molecular complexity index is 1410. The predicted molar refractivity (Wildman–Crippen MR) is 143 cm³/mol. The van der Waals surface area contributed by atoms with Crippen LogP contribution in [0.4, 0.5) is 15.9 Å². The number of rotatable bonds is 4. The molecule has 3 aromatic rings. The van der Waals surface area contributed by atoms with E-state index in [1.54, 1.807) is 24.4 Å². The topological polar surface area (TPSA) is 61.2 Å². The number of piperazine rings is 1. The molecule has 2 aromatic heterocycles. The zero-order chi connectivity index (χ0) is 24.7. The monoisotopic (exact) mass is 509 g/mol. The fourth-order valence-electron chi connectivity index (χ4n) is 4.40. The number of pyridine rings is 1. The summed E-state index contributed by atoms with van der Waals surface area (Å²) in [5, 5.41) is 0. The first kappa shape index (κ1) is 23.5. The maximum Gasteiger partial charge on any atom is 0.267 e. The molecule has 1 aromatic carbocycles. The van der Waals surface area contributed by atoms with Crippen molar-refractivity contribution in [2.24, 2.45) is 0 Å². The Morgan fingerprint density at radius 3 is 2.43 bits per heavy atom. The maximum absolute atomic E-state index is 13.6. The number of nitrogens with zero attached hydrogens (tertiary/aromatic N) is 5. The molecule has 10 heteroatoms. The van der Waals surface area contributed by atoms with Crippen LogP contribution in [-0.2, 0) is 4.79 Å². The summed E-state index contributed by atoms with van der Waals surface area (Å²) in [6.07, 6.45) is 3.34. The molecule has 0 N–H and O–H groups in total. The lowest BCUT2D eigenvalue weighted by molar-refractivity contribution is -0.121. The van der Waals surface area contributed by atoms with E-state index in [4.69, 9.17) is 17.2 Å². The molecule has 0 atom stereocenters. The summed E-state index contributed by atoms with van der Waals surface area (Å²) in [6, 6.07) is 10.2. The van der Waals surface area contributed by atoms with Crippen LogP contribution in [0.5, 0.6) is 0 Å². The zero-order valence-electron chi connectivity index (χ0n) is 19.4. The second-order valence-corrected chi connectivity index (χ2v) is 10.1. The molecule has 0 bridgehead atoms. The molecular weight excluding hydrogens is 485 g/mol. The highest BCUT2D eigenvalue weighted by atomic mass is 32.2. The fraction of sp³-hybridized carbons (Fsp3) is 0.280. The summed E-state index contributed by atoms with van der Waals surface area (Å²) >= 11 is 6.56. The van der Waals surface area contributed by atoms with Gasteiger partial charge in [0.2, 0.25) is 0 Å². The number of carbonyl (C=O) groups excluding carboxylic acids is 1. The Morgan fingerprint density at radius 2 is 1.77 bits per heavy atom. The first-order chi connectivity index (χ1) is 16.9. The van der Waals surface area contributed by atoms with Crippen molar-refractivity contribution in [2.75, 3.05) is 42.5 Å². The van der Waals surface area contributed by atoms with Crippen LogP contribution in [0.25, 0.3) is 11.7 Å². The molecule has 0 radical (unpaired) electrons. The van der Waals surface area contributed by atoms with E-state index in [2.05, 4.69) is 9.80 Å². The molecule has 4 heterocycles. The number of benzene rings is 1. The third-order valence-electron chi connectivity index (χ3n) is 6.30. The molecule has 180 valence electrons. The lowest BCUT2D eigenvalue weighted by Gasteiger charge is -2.37. The van der Waals surface area contributed by atoms with Gasteiger partial charge in [-0.1, -0.05) is 30.0 Å². The number of aromatic nitrogens is 2. The average molecular weight is 510 g/mol. The number of hydrogen-bond donors (Lipinski definition) is 0. The van der Waals surface area contributed by atoms with Gasteiger partial charge in [0.05, 0.1) is 10.5 Å². The Hall–Kier alpha value is -3.24. The minimum absolute atomic E-state index is 0.191. The Kier molecular flexibility index (Phi) is 6.33. The van der Waals surface area contributed by atoms with Gasteiger partial charge in [0.25, 0.3) is 11.5 Å². The second-order valence-electron chi connectivity index (χ2n) is 8.42. The summed E-state index contributed by atoms with van der Waals surface area (Å²) in [4.78, 5) is 37.6. The molecule has 0 unspecified atom stereocenters. The molecule has 2 saturated heterocycles. The molecule has 0 spiro atoms. The molecule has 7 nitrogen and oxygen atoms in total. The fourth-order valence-corrected chi connectivity index (χ4v) is 5.77. The van der Waals surface area contributed by atoms with E-state index in [-0.39, 0.29) is 17.3 Å². The van der Waals surface area contributed by atoms with Crippen molar-refractivity contribution in [3.8, 4) is 0 Å². The predicted octanol–water partition coefficient (Wildman–Crippen LogP) is 3.69. The van der Waals surface area contributed by atoms with Crippen LogP contribution in [0.15, 0.2) is 52.3 Å². The largest absolute Gasteiger partial charge is 0.368 e. The van der Waals surface area contributed by atoms with E-state index in [9.17, 15) is 14.0 Å². The molecule has 2 aliphatic rings. The summed E-state index contributed by atoms with van der Waals surface area (Å²) in [5.74, 6) is 0.106. The number of aryl methyl sites for hydroxylation is 1. The highest BCUT2D eigenvalue weighted by molar-refractivity contribution is 8.26. The summed E-state index contributed by atoms with van der Waals surface area (Å²) in [7, 11) is 0. The van der Waals surface area contributed by atoms with Crippen molar-refractivity contribution < 1.29 is 9.18 Å². The second kappa shape index (κ2) is 9.43. The van der Waals surface area contributed by atoms with Gasteiger partial charge in [0.15, 0.2) is 0 Å². The highest BCUT2D eigenvalue weighted by Crippen LogP contribution is 2.33. The van der Waals surface area contributed by atoms with Gasteiger partial charge in [-0.3, -0.25) is 18.9 Å². The number of fused-ring (bicyclic) bond motifs is 1. The first-order valence-corrected chi connectivity index (χ1v) is 12.6. The normalized spacial score (nSPS) is 17.8. The number of anilines is 2. The highest BCUT2D eigenvalue weighted by Gasteiger charge is 2.32. The molecule has 1 amide bonds. The lowest BCUT2D eigenvalue weighted by Crippen LogP contribution is -2.47. The van der Waals surface area contributed by atoms with Crippen LogP contribution in [0.1, 0.15) is 18.1 Å². The van der Waals surface area contributed by atoms with Crippen molar-refractivity contribution in [2.45, 2.75) is 13.8 Å². The number of hydrogen-bond acceptors (Lipinski definition) is 7. The standard InChI is InChI=1S/C25H24FN5O2S2/c1-3-30-24(33)20(35-25(30)34)15-19-22(27-21-16(2)5-4-10-31(21)23(19)32)29-13-11-28(12-14-29)18-8-6-17(26)7-9-18/h4-10,15H,3,11-14H2,1-2H3. The number of carbonyl (C=O) groups is 1. The molecule has 2 fully saturated rings. The summed E-state index contributed by atoms with van der Waals surface area (Å²) in [5.41, 5.74) is 2.58. The van der Waals surface area contributed by atoms with Crippen LogP contribution >= 0.6 is 24.0 Å². The van der Waals surface area contributed by atoms with E-state index in [0.29, 0.717) is 59.0 Å². The van der Waals surface area contributed by atoms with Gasteiger partial charge in [0.1, 0.15) is 21.6 Å². The molecular formula is C25H24FN5O2S2. The first-order valence-electron chi connectivity index (χ1n) is 11.4. The van der Waals surface area contributed by atoms with Crippen molar-refractivity contribution in [3.63, 3.8) is 0 Å². The molecule has 35 heavy (non-hydrogen) atoms. The van der Waals surface area contributed by atoms with E-state index in [1.165, 1.54) is 33.2 Å². The van der Waals surface area contributed by atoms with Crippen LogP contribution < -0.4 is 15.4 Å². The minimum Gasteiger partial charge on any atom is -0.368 e. The number of likely N-dealkylation sites (N-methyl/N-ethyl adjacent to an activating group) is 1. The van der Waals surface area contributed by atoms with E-state index >= 15 is 0 Å². The molecule has 5 rings (SSSR count). The van der Waals surface area contributed by atoms with Gasteiger partial charge in [-0.05, 0) is 55.8 Å². The minimum atomic E-state index is -0.262. The third kappa shape index (κ3) is 4.32. The van der Waals surface area contributed by atoms with Crippen molar-refractivity contribution in [3.05, 3.63) is 74.8 Å². The average Bonchev–Trinajstić information content (AvgIpc) is 3.13. The van der Waals surface area contributed by atoms with Crippen LogP contribution in [-0.4, -0.2) is 57.2 Å². The smallest absolute Gasteiger partial charge is 0.267 e. The maximum atomic E-state index is 13.6. The summed E-state index contributed by atoms with van der Waals surface area (Å²) < 4.78 is 15.4. The van der Waals surface area contributed by atoms with Crippen molar-refractivity contribution in [1.82, 2.24) is 14.3 Å². The van der Waals surface area contributed by atoms with Gasteiger partial charge in [-0.15, -0.1) is 0 Å². The van der Waals surface area contributed by atoms with E-state index in [1.807, 2.05) is 26.0 Å². The van der Waals surface area contributed by atoms with Gasteiger partial charge in [-0.25, -0.2) is 9.37 Å². The Morgan fingerprint density at radius 1 is 1.09 bits per heavy atom. The summed E-state index contributed by atoms with van der Waals surface area (Å²) in [6.45, 7) is 6.91.